The second kappa shape index (κ2) is 61.7. The molecule has 424 valence electrons. The second-order valence-electron chi connectivity index (χ2n) is 21.3. The van der Waals surface area contributed by atoms with Gasteiger partial charge >= 0.3 is 17.9 Å². The lowest BCUT2D eigenvalue weighted by atomic mass is 10.1. The van der Waals surface area contributed by atoms with Crippen molar-refractivity contribution in [2.24, 2.45) is 0 Å². The van der Waals surface area contributed by atoms with E-state index in [2.05, 4.69) is 81.5 Å². The molecule has 0 aromatic carbocycles. The summed E-state index contributed by atoms with van der Waals surface area (Å²) >= 11 is 0. The molecular formula is C67H120O6. The molecule has 1 atom stereocenters. The van der Waals surface area contributed by atoms with Crippen LogP contribution < -0.4 is 0 Å². The highest BCUT2D eigenvalue weighted by Crippen LogP contribution is 2.16. The standard InChI is InChI=1S/C67H120O6/c1-4-7-10-13-16-19-22-25-28-31-33-36-39-42-45-48-51-54-57-60-66(69)72-63-64(62-71-65(68)59-56-53-50-47-44-41-38-35-30-27-24-21-18-15-12-9-6-3)73-67(70)61-58-55-52-49-46-43-40-37-34-32-29-26-23-20-17-14-11-8-5-2/h16,19,25-30,33,36,64H,4-15,17-18,20-24,31-32,34-35,37-63H2,1-3H3/b19-16-,28-25-,29-26-,30-27-,36-33-/t64-/m1/s1. The minimum atomic E-state index is -0.783. The quantitative estimate of drug-likeness (QED) is 0.0261. The Morgan fingerprint density at radius 2 is 0.493 bits per heavy atom. The number of carbonyl (C=O) groups is 3. The maximum Gasteiger partial charge on any atom is 0.306 e. The Kier molecular flexibility index (Phi) is 59.2. The highest BCUT2D eigenvalue weighted by molar-refractivity contribution is 5.71. The first kappa shape index (κ1) is 70.1. The van der Waals surface area contributed by atoms with E-state index in [1.54, 1.807) is 0 Å². The third-order valence-corrected chi connectivity index (χ3v) is 14.0. The summed E-state index contributed by atoms with van der Waals surface area (Å²) in [4.78, 5) is 38.3. The maximum absolute atomic E-state index is 12.9. The smallest absolute Gasteiger partial charge is 0.306 e. The van der Waals surface area contributed by atoms with Crippen LogP contribution >= 0.6 is 0 Å². The summed E-state index contributed by atoms with van der Waals surface area (Å²) in [6.45, 7) is 6.63. The van der Waals surface area contributed by atoms with E-state index in [9.17, 15) is 14.4 Å². The van der Waals surface area contributed by atoms with E-state index in [1.165, 1.54) is 212 Å². The minimum Gasteiger partial charge on any atom is -0.462 e. The highest BCUT2D eigenvalue weighted by atomic mass is 16.6. The van der Waals surface area contributed by atoms with E-state index >= 15 is 0 Å². The lowest BCUT2D eigenvalue weighted by Gasteiger charge is -2.18. The van der Waals surface area contributed by atoms with Crippen molar-refractivity contribution in [3.63, 3.8) is 0 Å². The van der Waals surface area contributed by atoms with Gasteiger partial charge in [-0.25, -0.2) is 0 Å². The molecular weight excluding hydrogens is 901 g/mol. The average Bonchev–Trinajstić information content (AvgIpc) is 3.39. The highest BCUT2D eigenvalue weighted by Gasteiger charge is 2.19. The molecule has 0 heterocycles. The van der Waals surface area contributed by atoms with Crippen LogP contribution in [0.4, 0.5) is 0 Å². The summed E-state index contributed by atoms with van der Waals surface area (Å²) in [6, 6.07) is 0. The van der Waals surface area contributed by atoms with E-state index in [-0.39, 0.29) is 31.1 Å². The molecule has 6 nitrogen and oxygen atoms in total. The Balaban J connectivity index is 4.39. The van der Waals surface area contributed by atoms with Gasteiger partial charge < -0.3 is 14.2 Å². The Morgan fingerprint density at radius 1 is 0.274 bits per heavy atom. The van der Waals surface area contributed by atoms with E-state index in [0.29, 0.717) is 19.3 Å². The molecule has 0 aliphatic heterocycles. The first-order chi connectivity index (χ1) is 36.0. The summed E-state index contributed by atoms with van der Waals surface area (Å²) < 4.78 is 16.9. The van der Waals surface area contributed by atoms with E-state index in [1.807, 2.05) is 0 Å². The fourth-order valence-electron chi connectivity index (χ4n) is 9.15. The zero-order chi connectivity index (χ0) is 52.9. The molecule has 0 radical (unpaired) electrons. The van der Waals surface area contributed by atoms with Gasteiger partial charge in [0.05, 0.1) is 0 Å². The molecule has 0 bridgehead atoms. The molecule has 0 spiro atoms. The van der Waals surface area contributed by atoms with Crippen LogP contribution in [-0.4, -0.2) is 37.2 Å². The van der Waals surface area contributed by atoms with Crippen molar-refractivity contribution in [3.8, 4) is 0 Å². The fraction of sp³-hybridized carbons (Fsp3) is 0.806. The van der Waals surface area contributed by atoms with Crippen LogP contribution in [0.5, 0.6) is 0 Å². The van der Waals surface area contributed by atoms with Gasteiger partial charge in [0.1, 0.15) is 13.2 Å². The summed E-state index contributed by atoms with van der Waals surface area (Å²) in [5.41, 5.74) is 0. The monoisotopic (exact) mass is 1020 g/mol. The number of hydrogen-bond acceptors (Lipinski definition) is 6. The molecule has 0 aromatic rings. The summed E-state index contributed by atoms with van der Waals surface area (Å²) in [7, 11) is 0. The van der Waals surface area contributed by atoms with Gasteiger partial charge in [0, 0.05) is 19.3 Å². The van der Waals surface area contributed by atoms with Gasteiger partial charge in [-0.15, -0.1) is 0 Å². The van der Waals surface area contributed by atoms with Crippen LogP contribution in [0.3, 0.4) is 0 Å². The predicted molar refractivity (Wildman–Crippen MR) is 316 cm³/mol. The fourth-order valence-corrected chi connectivity index (χ4v) is 9.15. The molecule has 0 fully saturated rings. The second-order valence-corrected chi connectivity index (χ2v) is 21.3. The van der Waals surface area contributed by atoms with Crippen molar-refractivity contribution in [2.75, 3.05) is 13.2 Å². The van der Waals surface area contributed by atoms with Crippen molar-refractivity contribution < 1.29 is 28.6 Å². The normalized spacial score (nSPS) is 12.4. The minimum absolute atomic E-state index is 0.0799. The van der Waals surface area contributed by atoms with Crippen LogP contribution in [0.25, 0.3) is 0 Å². The van der Waals surface area contributed by atoms with Crippen LogP contribution in [0.15, 0.2) is 60.8 Å². The van der Waals surface area contributed by atoms with E-state index in [0.717, 1.165) is 77.0 Å². The lowest BCUT2D eigenvalue weighted by Crippen LogP contribution is -2.30. The van der Waals surface area contributed by atoms with Crippen molar-refractivity contribution >= 4 is 17.9 Å². The predicted octanol–water partition coefficient (Wildman–Crippen LogP) is 21.6. The number of rotatable bonds is 58. The molecule has 6 heteroatoms. The maximum atomic E-state index is 12.9. The number of allylic oxidation sites excluding steroid dienone is 10. The van der Waals surface area contributed by atoms with Crippen LogP contribution in [0.1, 0.15) is 329 Å². The largest absolute Gasteiger partial charge is 0.462 e. The number of esters is 3. The number of hydrogen-bond donors (Lipinski definition) is 0. The summed E-state index contributed by atoms with van der Waals surface area (Å²) in [6.07, 6.45) is 77.8. The number of unbranched alkanes of at least 4 members (excludes halogenated alkanes) is 37. The third-order valence-electron chi connectivity index (χ3n) is 14.0. The Labute approximate surface area is 453 Å². The molecule has 0 saturated carbocycles. The summed E-state index contributed by atoms with van der Waals surface area (Å²) in [5, 5.41) is 0. The molecule has 0 N–H and O–H groups in total. The van der Waals surface area contributed by atoms with Gasteiger partial charge in [0.2, 0.25) is 0 Å². The van der Waals surface area contributed by atoms with Gasteiger partial charge in [0.15, 0.2) is 6.10 Å². The first-order valence-corrected chi connectivity index (χ1v) is 31.8. The first-order valence-electron chi connectivity index (χ1n) is 31.8. The Hall–Kier alpha value is -2.89. The molecule has 0 aliphatic rings. The molecule has 0 aromatic heterocycles. The van der Waals surface area contributed by atoms with Gasteiger partial charge in [-0.1, -0.05) is 261 Å². The zero-order valence-electron chi connectivity index (χ0n) is 48.7. The van der Waals surface area contributed by atoms with Crippen molar-refractivity contribution in [3.05, 3.63) is 60.8 Å². The van der Waals surface area contributed by atoms with Crippen LogP contribution in [0, 0.1) is 0 Å². The molecule has 0 rings (SSSR count). The van der Waals surface area contributed by atoms with Gasteiger partial charge in [-0.3, -0.25) is 14.4 Å². The number of carbonyl (C=O) groups excluding carboxylic acids is 3. The third kappa shape index (κ3) is 59.9. The number of ether oxygens (including phenoxy) is 3. The SMILES string of the molecule is CCCCC/C=C\C/C=C\C/C=C\CCCCCCCCC(=O)OC[C@@H](COC(=O)CCCCCCCCC/C=C\CCCCCCCC)OC(=O)CCCCCCCCCCC/C=C\CCCCCCCC. The van der Waals surface area contributed by atoms with Crippen molar-refractivity contribution in [1.29, 1.82) is 0 Å². The molecule has 0 aliphatic carbocycles. The molecule has 73 heavy (non-hydrogen) atoms. The van der Waals surface area contributed by atoms with Gasteiger partial charge in [-0.05, 0) is 109 Å². The van der Waals surface area contributed by atoms with E-state index < -0.39 is 6.10 Å². The summed E-state index contributed by atoms with van der Waals surface area (Å²) in [5.74, 6) is -0.882. The molecule has 0 saturated heterocycles. The van der Waals surface area contributed by atoms with Crippen LogP contribution in [0.2, 0.25) is 0 Å². The van der Waals surface area contributed by atoms with Gasteiger partial charge in [-0.2, -0.15) is 0 Å². The Morgan fingerprint density at radius 3 is 0.808 bits per heavy atom. The van der Waals surface area contributed by atoms with Crippen molar-refractivity contribution in [2.45, 2.75) is 335 Å². The van der Waals surface area contributed by atoms with Crippen LogP contribution in [-0.2, 0) is 28.6 Å². The molecule has 0 unspecified atom stereocenters. The van der Waals surface area contributed by atoms with E-state index in [4.69, 9.17) is 14.2 Å². The molecule has 0 amide bonds. The van der Waals surface area contributed by atoms with Gasteiger partial charge in [0.25, 0.3) is 0 Å². The zero-order valence-corrected chi connectivity index (χ0v) is 48.7. The topological polar surface area (TPSA) is 78.9 Å². The lowest BCUT2D eigenvalue weighted by molar-refractivity contribution is -0.167. The van der Waals surface area contributed by atoms with Crippen molar-refractivity contribution in [1.82, 2.24) is 0 Å². The average molecular weight is 1020 g/mol. The Bertz CT molecular complexity index is 1310.